The van der Waals surface area contributed by atoms with E-state index in [0.717, 1.165) is 12.0 Å². The van der Waals surface area contributed by atoms with Gasteiger partial charge in [0.05, 0.1) is 10.9 Å². The van der Waals surface area contributed by atoms with Gasteiger partial charge < -0.3 is 15.0 Å². The van der Waals surface area contributed by atoms with E-state index >= 15 is 0 Å². The Balaban J connectivity index is 1.37. The Hall–Kier alpha value is -3.45. The summed E-state index contributed by atoms with van der Waals surface area (Å²) in [6, 6.07) is 16.4. The number of amides is 2. The number of ether oxygens (including phenoxy) is 1. The van der Waals surface area contributed by atoms with Gasteiger partial charge in [-0.05, 0) is 36.6 Å². The molecule has 0 bridgehead atoms. The molecule has 1 fully saturated rings. The van der Waals surface area contributed by atoms with Crippen LogP contribution < -0.4 is 10.1 Å². The summed E-state index contributed by atoms with van der Waals surface area (Å²) >= 11 is 5.84. The van der Waals surface area contributed by atoms with Gasteiger partial charge in [-0.15, -0.1) is 0 Å². The first-order valence-electron chi connectivity index (χ1n) is 10.4. The normalized spacial score (nSPS) is 15.8. The SMILES string of the molecule is O=C(Nc1ccc(Cl)cn1)C1CCCN(C(=O)c2ccnc(OCc3ccccc3)c2)C1. The fourth-order valence-corrected chi connectivity index (χ4v) is 3.70. The number of carbonyl (C=O) groups is 2. The zero-order valence-electron chi connectivity index (χ0n) is 17.4. The summed E-state index contributed by atoms with van der Waals surface area (Å²) < 4.78 is 5.74. The second kappa shape index (κ2) is 10.2. The van der Waals surface area contributed by atoms with Crippen molar-refractivity contribution < 1.29 is 14.3 Å². The Morgan fingerprint density at radius 2 is 1.97 bits per heavy atom. The van der Waals surface area contributed by atoms with Gasteiger partial charge in [0.1, 0.15) is 12.4 Å². The number of hydrogen-bond donors (Lipinski definition) is 1. The predicted molar refractivity (Wildman–Crippen MR) is 122 cm³/mol. The Bertz CT molecular complexity index is 1080. The third-order valence-corrected chi connectivity index (χ3v) is 5.49. The van der Waals surface area contributed by atoms with Crippen molar-refractivity contribution in [3.63, 3.8) is 0 Å². The van der Waals surface area contributed by atoms with Gasteiger partial charge in [-0.1, -0.05) is 41.9 Å². The smallest absolute Gasteiger partial charge is 0.254 e. The van der Waals surface area contributed by atoms with Crippen LogP contribution in [0.3, 0.4) is 0 Å². The molecule has 4 rings (SSSR count). The van der Waals surface area contributed by atoms with Gasteiger partial charge in [-0.2, -0.15) is 0 Å². The first-order chi connectivity index (χ1) is 15.6. The van der Waals surface area contributed by atoms with E-state index in [-0.39, 0.29) is 17.7 Å². The summed E-state index contributed by atoms with van der Waals surface area (Å²) in [6.07, 6.45) is 4.51. The van der Waals surface area contributed by atoms with Gasteiger partial charge in [-0.3, -0.25) is 9.59 Å². The van der Waals surface area contributed by atoms with Crippen LogP contribution in [0, 0.1) is 5.92 Å². The highest BCUT2D eigenvalue weighted by atomic mass is 35.5. The zero-order chi connectivity index (χ0) is 22.3. The molecular formula is C24H23ClN4O3. The van der Waals surface area contributed by atoms with Crippen LogP contribution >= 0.6 is 11.6 Å². The van der Waals surface area contributed by atoms with Gasteiger partial charge in [0.15, 0.2) is 0 Å². The van der Waals surface area contributed by atoms with E-state index < -0.39 is 0 Å². The monoisotopic (exact) mass is 450 g/mol. The summed E-state index contributed by atoms with van der Waals surface area (Å²) in [5.74, 6) is 0.232. The van der Waals surface area contributed by atoms with E-state index in [1.165, 1.54) is 6.20 Å². The third-order valence-electron chi connectivity index (χ3n) is 5.27. The number of nitrogens with one attached hydrogen (secondary N) is 1. The summed E-state index contributed by atoms with van der Waals surface area (Å²) in [6.45, 7) is 1.32. The minimum absolute atomic E-state index is 0.140. The van der Waals surface area contributed by atoms with Gasteiger partial charge >= 0.3 is 0 Å². The standard InChI is InChI=1S/C24H23ClN4O3/c25-20-8-9-21(27-14-20)28-23(30)19-7-4-12-29(15-19)24(31)18-10-11-26-22(13-18)32-16-17-5-2-1-3-6-17/h1-3,5-6,8-11,13-14,19H,4,7,12,15-16H2,(H,27,28,30). The summed E-state index contributed by atoms with van der Waals surface area (Å²) in [4.78, 5) is 35.8. The first-order valence-corrected chi connectivity index (χ1v) is 10.8. The van der Waals surface area contributed by atoms with Crippen molar-refractivity contribution in [1.82, 2.24) is 14.9 Å². The lowest BCUT2D eigenvalue weighted by molar-refractivity contribution is -0.121. The van der Waals surface area contributed by atoms with E-state index in [9.17, 15) is 9.59 Å². The molecule has 1 aliphatic rings. The summed E-state index contributed by atoms with van der Waals surface area (Å²) in [5.41, 5.74) is 1.51. The average molecular weight is 451 g/mol. The van der Waals surface area contributed by atoms with Crippen molar-refractivity contribution in [3.05, 3.63) is 83.1 Å². The molecule has 1 N–H and O–H groups in total. The summed E-state index contributed by atoms with van der Waals surface area (Å²) in [7, 11) is 0. The zero-order valence-corrected chi connectivity index (χ0v) is 18.2. The number of hydrogen-bond acceptors (Lipinski definition) is 5. The molecule has 7 nitrogen and oxygen atoms in total. The quantitative estimate of drug-likeness (QED) is 0.608. The van der Waals surface area contributed by atoms with Crippen LogP contribution in [0.4, 0.5) is 5.82 Å². The molecule has 1 saturated heterocycles. The maximum absolute atomic E-state index is 13.1. The molecule has 1 unspecified atom stereocenters. The highest BCUT2D eigenvalue weighted by molar-refractivity contribution is 6.30. The lowest BCUT2D eigenvalue weighted by atomic mass is 9.96. The molecule has 0 radical (unpaired) electrons. The van der Waals surface area contributed by atoms with Crippen molar-refractivity contribution in [1.29, 1.82) is 0 Å². The molecule has 0 saturated carbocycles. The predicted octanol–water partition coefficient (Wildman–Crippen LogP) is 4.20. The highest BCUT2D eigenvalue weighted by Gasteiger charge is 2.29. The molecule has 0 aliphatic carbocycles. The molecule has 8 heteroatoms. The van der Waals surface area contributed by atoms with E-state index in [1.54, 1.807) is 35.4 Å². The van der Waals surface area contributed by atoms with Crippen molar-refractivity contribution in [2.75, 3.05) is 18.4 Å². The number of carbonyl (C=O) groups excluding carboxylic acids is 2. The molecule has 1 aliphatic heterocycles. The lowest BCUT2D eigenvalue weighted by Crippen LogP contribution is -2.43. The second-order valence-electron chi connectivity index (χ2n) is 7.60. The van der Waals surface area contributed by atoms with Gasteiger partial charge in [0, 0.05) is 37.1 Å². The van der Waals surface area contributed by atoms with E-state index in [1.807, 2.05) is 30.3 Å². The fraction of sp³-hybridized carbons (Fsp3) is 0.250. The Labute approximate surface area is 191 Å². The van der Waals surface area contributed by atoms with Gasteiger partial charge in [-0.25, -0.2) is 9.97 Å². The van der Waals surface area contributed by atoms with Crippen LogP contribution in [0.5, 0.6) is 5.88 Å². The largest absolute Gasteiger partial charge is 0.473 e. The number of benzene rings is 1. The minimum atomic E-state index is -0.305. The number of nitrogens with zero attached hydrogens (tertiary/aromatic N) is 3. The first kappa shape index (κ1) is 21.8. The van der Waals surface area contributed by atoms with Crippen molar-refractivity contribution in [3.8, 4) is 5.88 Å². The number of aromatic nitrogens is 2. The highest BCUT2D eigenvalue weighted by Crippen LogP contribution is 2.22. The van der Waals surface area contributed by atoms with Crippen LogP contribution in [-0.4, -0.2) is 39.8 Å². The van der Waals surface area contributed by atoms with E-state index in [0.29, 0.717) is 48.4 Å². The van der Waals surface area contributed by atoms with Crippen molar-refractivity contribution >= 4 is 29.2 Å². The minimum Gasteiger partial charge on any atom is -0.473 e. The molecular weight excluding hydrogens is 428 g/mol. The molecule has 164 valence electrons. The number of halogens is 1. The van der Waals surface area contributed by atoms with Crippen LogP contribution in [0.25, 0.3) is 0 Å². The van der Waals surface area contributed by atoms with Crippen LogP contribution in [-0.2, 0) is 11.4 Å². The Morgan fingerprint density at radius 1 is 1.12 bits per heavy atom. The molecule has 3 aromatic rings. The van der Waals surface area contributed by atoms with Crippen molar-refractivity contribution in [2.45, 2.75) is 19.4 Å². The van der Waals surface area contributed by atoms with Gasteiger partial charge in [0.25, 0.3) is 5.91 Å². The molecule has 1 aromatic carbocycles. The maximum Gasteiger partial charge on any atom is 0.254 e. The third kappa shape index (κ3) is 5.62. The van der Waals surface area contributed by atoms with E-state index in [4.69, 9.17) is 16.3 Å². The number of rotatable bonds is 6. The fourth-order valence-electron chi connectivity index (χ4n) is 3.59. The van der Waals surface area contributed by atoms with Crippen LogP contribution in [0.15, 0.2) is 67.0 Å². The lowest BCUT2D eigenvalue weighted by Gasteiger charge is -2.32. The Kier molecular flexibility index (Phi) is 6.97. The number of piperidine rings is 1. The number of pyridine rings is 2. The van der Waals surface area contributed by atoms with Gasteiger partial charge in [0.2, 0.25) is 11.8 Å². The Morgan fingerprint density at radius 3 is 2.75 bits per heavy atom. The second-order valence-corrected chi connectivity index (χ2v) is 8.03. The van der Waals surface area contributed by atoms with Crippen LogP contribution in [0.1, 0.15) is 28.8 Å². The van der Waals surface area contributed by atoms with E-state index in [2.05, 4.69) is 15.3 Å². The van der Waals surface area contributed by atoms with Crippen molar-refractivity contribution in [2.24, 2.45) is 5.92 Å². The summed E-state index contributed by atoms with van der Waals surface area (Å²) in [5, 5.41) is 3.30. The molecule has 3 heterocycles. The molecule has 32 heavy (non-hydrogen) atoms. The molecule has 0 spiro atoms. The number of anilines is 1. The molecule has 2 amide bonds. The molecule has 1 atom stereocenters. The number of likely N-dealkylation sites (tertiary alicyclic amines) is 1. The average Bonchev–Trinajstić information content (AvgIpc) is 2.84. The topological polar surface area (TPSA) is 84.4 Å². The maximum atomic E-state index is 13.1. The van der Waals surface area contributed by atoms with Crippen LogP contribution in [0.2, 0.25) is 5.02 Å². The molecule has 2 aromatic heterocycles.